The lowest BCUT2D eigenvalue weighted by Crippen LogP contribution is -2.32. The number of rotatable bonds is 7. The molecule has 8 heteroatoms. The summed E-state index contributed by atoms with van der Waals surface area (Å²) in [6, 6.07) is 6.97. The SMILES string of the molecule is CCCCc1nnc(NC(=O)CNC(=O)c2cccc(Br)c2)s1. The Kier molecular flexibility index (Phi) is 6.66. The molecule has 1 aromatic carbocycles. The molecule has 2 amide bonds. The van der Waals surface area contributed by atoms with Crippen molar-refractivity contribution < 1.29 is 9.59 Å². The predicted molar refractivity (Wildman–Crippen MR) is 93.6 cm³/mol. The molecule has 0 aliphatic rings. The fraction of sp³-hybridized carbons (Fsp3) is 0.333. The molecule has 2 rings (SSSR count). The zero-order valence-corrected chi connectivity index (χ0v) is 15.0. The molecule has 0 aliphatic heterocycles. The zero-order chi connectivity index (χ0) is 16.7. The second kappa shape index (κ2) is 8.73. The maximum atomic E-state index is 11.9. The summed E-state index contributed by atoms with van der Waals surface area (Å²) in [5.74, 6) is -0.631. The van der Waals surface area contributed by atoms with Crippen LogP contribution < -0.4 is 10.6 Å². The van der Waals surface area contributed by atoms with Crippen LogP contribution in [-0.2, 0) is 11.2 Å². The highest BCUT2D eigenvalue weighted by Crippen LogP contribution is 2.17. The average molecular weight is 397 g/mol. The lowest BCUT2D eigenvalue weighted by atomic mass is 10.2. The number of carbonyl (C=O) groups is 2. The number of amides is 2. The number of halogens is 1. The van der Waals surface area contributed by atoms with E-state index in [1.807, 2.05) is 6.07 Å². The lowest BCUT2D eigenvalue weighted by Gasteiger charge is -2.05. The van der Waals surface area contributed by atoms with E-state index in [1.165, 1.54) is 11.3 Å². The largest absolute Gasteiger partial charge is 0.343 e. The van der Waals surface area contributed by atoms with Crippen molar-refractivity contribution in [2.24, 2.45) is 0 Å². The fourth-order valence-electron chi connectivity index (χ4n) is 1.79. The van der Waals surface area contributed by atoms with Gasteiger partial charge in [0.15, 0.2) is 0 Å². The van der Waals surface area contributed by atoms with Crippen LogP contribution in [0, 0.1) is 0 Å². The van der Waals surface area contributed by atoms with Gasteiger partial charge in [0.05, 0.1) is 6.54 Å². The maximum Gasteiger partial charge on any atom is 0.251 e. The number of aryl methyl sites for hydroxylation is 1. The number of aromatic nitrogens is 2. The van der Waals surface area contributed by atoms with Gasteiger partial charge in [0.1, 0.15) is 5.01 Å². The molecule has 122 valence electrons. The Morgan fingerprint density at radius 1 is 1.30 bits per heavy atom. The number of nitrogens with one attached hydrogen (secondary N) is 2. The summed E-state index contributed by atoms with van der Waals surface area (Å²) in [6.45, 7) is 1.99. The minimum atomic E-state index is -0.327. The van der Waals surface area contributed by atoms with E-state index in [9.17, 15) is 9.59 Å². The normalized spacial score (nSPS) is 10.3. The molecule has 0 unspecified atom stereocenters. The van der Waals surface area contributed by atoms with Gasteiger partial charge in [-0.05, 0) is 24.6 Å². The van der Waals surface area contributed by atoms with Gasteiger partial charge in [-0.2, -0.15) is 0 Å². The van der Waals surface area contributed by atoms with Crippen LogP contribution in [0.1, 0.15) is 35.1 Å². The Bertz CT molecular complexity index is 690. The summed E-state index contributed by atoms with van der Waals surface area (Å²) in [4.78, 5) is 23.8. The Morgan fingerprint density at radius 2 is 2.13 bits per heavy atom. The van der Waals surface area contributed by atoms with Crippen molar-refractivity contribution in [2.75, 3.05) is 11.9 Å². The molecule has 0 saturated heterocycles. The van der Waals surface area contributed by atoms with Gasteiger partial charge in [-0.15, -0.1) is 10.2 Å². The number of anilines is 1. The van der Waals surface area contributed by atoms with Crippen molar-refractivity contribution in [3.8, 4) is 0 Å². The quantitative estimate of drug-likeness (QED) is 0.753. The van der Waals surface area contributed by atoms with E-state index in [0.29, 0.717) is 10.7 Å². The number of benzene rings is 1. The van der Waals surface area contributed by atoms with E-state index < -0.39 is 0 Å². The summed E-state index contributed by atoms with van der Waals surface area (Å²) in [5, 5.41) is 14.5. The Balaban J connectivity index is 1.80. The highest BCUT2D eigenvalue weighted by atomic mass is 79.9. The minimum absolute atomic E-state index is 0.116. The fourth-order valence-corrected chi connectivity index (χ4v) is 2.99. The average Bonchev–Trinajstić information content (AvgIpc) is 2.98. The van der Waals surface area contributed by atoms with Crippen LogP contribution in [0.2, 0.25) is 0 Å². The third-order valence-electron chi connectivity index (χ3n) is 2.95. The Morgan fingerprint density at radius 3 is 2.87 bits per heavy atom. The Labute approximate surface area is 146 Å². The van der Waals surface area contributed by atoms with Crippen LogP contribution in [0.3, 0.4) is 0 Å². The highest BCUT2D eigenvalue weighted by molar-refractivity contribution is 9.10. The van der Waals surface area contributed by atoms with Crippen molar-refractivity contribution in [2.45, 2.75) is 26.2 Å². The molecule has 1 aromatic heterocycles. The summed E-state index contributed by atoms with van der Waals surface area (Å²) in [6.07, 6.45) is 3.00. The van der Waals surface area contributed by atoms with Gasteiger partial charge in [-0.3, -0.25) is 14.9 Å². The topological polar surface area (TPSA) is 84.0 Å². The van der Waals surface area contributed by atoms with E-state index in [2.05, 4.69) is 43.7 Å². The van der Waals surface area contributed by atoms with Crippen LogP contribution in [0.25, 0.3) is 0 Å². The third kappa shape index (κ3) is 5.72. The van der Waals surface area contributed by atoms with Gasteiger partial charge >= 0.3 is 0 Å². The molecule has 0 spiro atoms. The van der Waals surface area contributed by atoms with Crippen LogP contribution in [0.5, 0.6) is 0 Å². The summed E-state index contributed by atoms with van der Waals surface area (Å²) in [7, 11) is 0. The monoisotopic (exact) mass is 396 g/mol. The van der Waals surface area contributed by atoms with Crippen LogP contribution in [-0.4, -0.2) is 28.6 Å². The van der Waals surface area contributed by atoms with Gasteiger partial charge in [-0.1, -0.05) is 46.7 Å². The second-order valence-corrected chi connectivity index (χ2v) is 6.82. The van der Waals surface area contributed by atoms with E-state index in [-0.39, 0.29) is 18.4 Å². The smallest absolute Gasteiger partial charge is 0.251 e. The van der Waals surface area contributed by atoms with Crippen molar-refractivity contribution >= 4 is 44.2 Å². The summed E-state index contributed by atoms with van der Waals surface area (Å²) >= 11 is 4.66. The van der Waals surface area contributed by atoms with Crippen molar-refractivity contribution in [1.82, 2.24) is 15.5 Å². The summed E-state index contributed by atoms with van der Waals surface area (Å²) in [5.41, 5.74) is 0.491. The van der Waals surface area contributed by atoms with E-state index >= 15 is 0 Å². The van der Waals surface area contributed by atoms with E-state index in [1.54, 1.807) is 18.2 Å². The van der Waals surface area contributed by atoms with Gasteiger partial charge in [0.25, 0.3) is 5.91 Å². The van der Waals surface area contributed by atoms with Crippen LogP contribution >= 0.6 is 27.3 Å². The lowest BCUT2D eigenvalue weighted by molar-refractivity contribution is -0.115. The molecule has 0 bridgehead atoms. The molecule has 0 fully saturated rings. The molecule has 2 N–H and O–H groups in total. The number of nitrogens with zero attached hydrogens (tertiary/aromatic N) is 2. The van der Waals surface area contributed by atoms with Crippen LogP contribution in [0.15, 0.2) is 28.7 Å². The number of carbonyl (C=O) groups excluding carboxylic acids is 2. The molecule has 0 radical (unpaired) electrons. The number of hydrogen-bond acceptors (Lipinski definition) is 5. The second-order valence-electron chi connectivity index (χ2n) is 4.85. The maximum absolute atomic E-state index is 11.9. The molecule has 6 nitrogen and oxygen atoms in total. The first kappa shape index (κ1) is 17.6. The Hall–Kier alpha value is -1.80. The first-order valence-electron chi connectivity index (χ1n) is 7.24. The number of unbranched alkanes of at least 4 members (excludes halogenated alkanes) is 1. The van der Waals surface area contributed by atoms with E-state index in [0.717, 1.165) is 28.7 Å². The van der Waals surface area contributed by atoms with Crippen molar-refractivity contribution in [3.63, 3.8) is 0 Å². The zero-order valence-electron chi connectivity index (χ0n) is 12.6. The standard InChI is InChI=1S/C15H17BrN4O2S/c1-2-3-7-13-19-20-15(23-13)18-12(21)9-17-14(22)10-5-4-6-11(16)8-10/h4-6,8H,2-3,7,9H2,1H3,(H,17,22)(H,18,20,21). The molecule has 0 saturated carbocycles. The summed E-state index contributed by atoms with van der Waals surface area (Å²) < 4.78 is 0.808. The molecule has 1 heterocycles. The molecular formula is C15H17BrN4O2S. The minimum Gasteiger partial charge on any atom is -0.343 e. The van der Waals surface area contributed by atoms with Crippen molar-refractivity contribution in [1.29, 1.82) is 0 Å². The van der Waals surface area contributed by atoms with E-state index in [4.69, 9.17) is 0 Å². The van der Waals surface area contributed by atoms with Crippen molar-refractivity contribution in [3.05, 3.63) is 39.3 Å². The molecular weight excluding hydrogens is 380 g/mol. The molecule has 0 atom stereocenters. The van der Waals surface area contributed by atoms with Crippen LogP contribution in [0.4, 0.5) is 5.13 Å². The first-order valence-corrected chi connectivity index (χ1v) is 8.85. The molecule has 0 aliphatic carbocycles. The molecule has 2 aromatic rings. The third-order valence-corrected chi connectivity index (χ3v) is 4.35. The van der Waals surface area contributed by atoms with Gasteiger partial charge in [-0.25, -0.2) is 0 Å². The predicted octanol–water partition coefficient (Wildman–Crippen LogP) is 3.01. The van der Waals surface area contributed by atoms with Gasteiger partial charge in [0.2, 0.25) is 11.0 Å². The number of hydrogen-bond donors (Lipinski definition) is 2. The van der Waals surface area contributed by atoms with Gasteiger partial charge < -0.3 is 5.32 Å². The molecule has 23 heavy (non-hydrogen) atoms. The highest BCUT2D eigenvalue weighted by Gasteiger charge is 2.11. The van der Waals surface area contributed by atoms with Gasteiger partial charge in [0, 0.05) is 16.5 Å². The first-order chi connectivity index (χ1) is 11.1.